The minimum absolute atomic E-state index is 0.352. The molecule has 1 aliphatic heterocycles. The SMILES string of the molecule is CCC1CCCN(c2nc(C(C)NC)cs2)CC1. The van der Waals surface area contributed by atoms with Crippen LogP contribution in [0, 0.1) is 5.92 Å². The van der Waals surface area contributed by atoms with E-state index in [1.807, 2.05) is 7.05 Å². The van der Waals surface area contributed by atoms with E-state index in [2.05, 4.69) is 29.4 Å². The molecule has 1 saturated heterocycles. The molecule has 4 heteroatoms. The first-order valence-electron chi connectivity index (χ1n) is 7.12. The summed E-state index contributed by atoms with van der Waals surface area (Å²) in [5.74, 6) is 0.922. The number of rotatable bonds is 4. The Morgan fingerprint density at radius 3 is 3.06 bits per heavy atom. The highest BCUT2D eigenvalue weighted by Crippen LogP contribution is 2.28. The van der Waals surface area contributed by atoms with Gasteiger partial charge < -0.3 is 10.2 Å². The summed E-state index contributed by atoms with van der Waals surface area (Å²) in [5.41, 5.74) is 1.17. The van der Waals surface area contributed by atoms with Gasteiger partial charge in [0.05, 0.1) is 5.69 Å². The predicted molar refractivity (Wildman–Crippen MR) is 79.4 cm³/mol. The first-order valence-corrected chi connectivity index (χ1v) is 8.00. The van der Waals surface area contributed by atoms with Crippen molar-refractivity contribution in [2.45, 2.75) is 45.6 Å². The lowest BCUT2D eigenvalue weighted by atomic mass is 9.98. The van der Waals surface area contributed by atoms with Gasteiger partial charge in [-0.3, -0.25) is 0 Å². The maximum Gasteiger partial charge on any atom is 0.185 e. The Morgan fingerprint density at radius 1 is 1.50 bits per heavy atom. The Kier molecular flexibility index (Phi) is 5.01. The molecule has 0 saturated carbocycles. The number of nitrogens with one attached hydrogen (secondary N) is 1. The van der Waals surface area contributed by atoms with Gasteiger partial charge in [0.25, 0.3) is 0 Å². The molecule has 0 spiro atoms. The molecule has 0 aromatic carbocycles. The number of anilines is 1. The summed E-state index contributed by atoms with van der Waals surface area (Å²) in [4.78, 5) is 7.26. The van der Waals surface area contributed by atoms with Gasteiger partial charge >= 0.3 is 0 Å². The molecule has 2 heterocycles. The van der Waals surface area contributed by atoms with Crippen LogP contribution in [-0.2, 0) is 0 Å². The Labute approximate surface area is 115 Å². The van der Waals surface area contributed by atoms with Crippen LogP contribution in [0.4, 0.5) is 5.13 Å². The summed E-state index contributed by atoms with van der Waals surface area (Å²) < 4.78 is 0. The van der Waals surface area contributed by atoms with Crippen LogP contribution in [0.5, 0.6) is 0 Å². The molecule has 0 bridgehead atoms. The van der Waals surface area contributed by atoms with Gasteiger partial charge in [0.1, 0.15) is 0 Å². The lowest BCUT2D eigenvalue weighted by Crippen LogP contribution is -2.24. The number of hydrogen-bond donors (Lipinski definition) is 1. The van der Waals surface area contributed by atoms with Gasteiger partial charge in [0, 0.05) is 24.5 Å². The van der Waals surface area contributed by atoms with Crippen LogP contribution in [-0.4, -0.2) is 25.1 Å². The van der Waals surface area contributed by atoms with Gasteiger partial charge in [-0.25, -0.2) is 4.98 Å². The van der Waals surface area contributed by atoms with Crippen molar-refractivity contribution in [3.63, 3.8) is 0 Å². The third-order valence-electron chi connectivity index (χ3n) is 4.08. The average molecular weight is 267 g/mol. The normalized spacial score (nSPS) is 22.8. The molecule has 1 aromatic rings. The minimum atomic E-state index is 0.352. The van der Waals surface area contributed by atoms with Gasteiger partial charge in [-0.05, 0) is 39.2 Å². The van der Waals surface area contributed by atoms with E-state index in [0.29, 0.717) is 6.04 Å². The second-order valence-electron chi connectivity index (χ2n) is 5.26. The average Bonchev–Trinajstić information content (AvgIpc) is 2.76. The van der Waals surface area contributed by atoms with E-state index in [9.17, 15) is 0 Å². The van der Waals surface area contributed by atoms with Crippen molar-refractivity contribution in [1.29, 1.82) is 0 Å². The molecule has 1 aliphatic rings. The molecule has 2 rings (SSSR count). The second-order valence-corrected chi connectivity index (χ2v) is 6.09. The van der Waals surface area contributed by atoms with Crippen molar-refractivity contribution in [2.75, 3.05) is 25.0 Å². The molecule has 0 radical (unpaired) electrons. The molecule has 18 heavy (non-hydrogen) atoms. The molecule has 3 nitrogen and oxygen atoms in total. The van der Waals surface area contributed by atoms with Crippen molar-refractivity contribution < 1.29 is 0 Å². The summed E-state index contributed by atoms with van der Waals surface area (Å²) in [6.45, 7) is 6.83. The Balaban J connectivity index is 2.00. The van der Waals surface area contributed by atoms with E-state index in [1.54, 1.807) is 11.3 Å². The zero-order valence-electron chi connectivity index (χ0n) is 11.8. The summed E-state index contributed by atoms with van der Waals surface area (Å²) >= 11 is 1.79. The van der Waals surface area contributed by atoms with Crippen LogP contribution < -0.4 is 10.2 Å². The third-order valence-corrected chi connectivity index (χ3v) is 5.00. The molecule has 0 amide bonds. The number of aromatic nitrogens is 1. The van der Waals surface area contributed by atoms with E-state index in [1.165, 1.54) is 49.6 Å². The van der Waals surface area contributed by atoms with Gasteiger partial charge in [-0.2, -0.15) is 0 Å². The second kappa shape index (κ2) is 6.53. The topological polar surface area (TPSA) is 28.2 Å². The lowest BCUT2D eigenvalue weighted by Gasteiger charge is -2.19. The van der Waals surface area contributed by atoms with Gasteiger partial charge in [-0.15, -0.1) is 11.3 Å². The van der Waals surface area contributed by atoms with Crippen molar-refractivity contribution in [1.82, 2.24) is 10.3 Å². The maximum absolute atomic E-state index is 4.78. The molecule has 2 unspecified atom stereocenters. The van der Waals surface area contributed by atoms with Crippen molar-refractivity contribution in [3.05, 3.63) is 11.1 Å². The first-order chi connectivity index (χ1) is 8.74. The standard InChI is InChI=1S/C14H25N3S/c1-4-12-6-5-8-17(9-7-12)14-16-13(10-18-14)11(2)15-3/h10-12,15H,4-9H2,1-3H3. The number of nitrogens with zero attached hydrogens (tertiary/aromatic N) is 2. The van der Waals surface area contributed by atoms with Crippen LogP contribution in [0.1, 0.15) is 51.3 Å². The summed E-state index contributed by atoms with van der Waals surface area (Å²) in [7, 11) is 1.99. The predicted octanol–water partition coefficient (Wildman–Crippen LogP) is 3.44. The Morgan fingerprint density at radius 2 is 2.33 bits per heavy atom. The van der Waals surface area contributed by atoms with Crippen LogP contribution in [0.15, 0.2) is 5.38 Å². The van der Waals surface area contributed by atoms with Crippen LogP contribution in [0.25, 0.3) is 0 Å². The molecular formula is C14H25N3S. The van der Waals surface area contributed by atoms with Gasteiger partial charge in [-0.1, -0.05) is 13.3 Å². The van der Waals surface area contributed by atoms with Crippen LogP contribution >= 0.6 is 11.3 Å². The number of thiazole rings is 1. The molecule has 102 valence electrons. The fourth-order valence-electron chi connectivity index (χ4n) is 2.53. The van der Waals surface area contributed by atoms with Crippen molar-refractivity contribution in [2.24, 2.45) is 5.92 Å². The summed E-state index contributed by atoms with van der Waals surface area (Å²) in [6, 6.07) is 0.352. The van der Waals surface area contributed by atoms with E-state index in [-0.39, 0.29) is 0 Å². The quantitative estimate of drug-likeness (QED) is 0.906. The first kappa shape index (κ1) is 13.8. The highest BCUT2D eigenvalue weighted by atomic mass is 32.1. The molecule has 2 atom stereocenters. The minimum Gasteiger partial charge on any atom is -0.348 e. The van der Waals surface area contributed by atoms with Crippen molar-refractivity contribution in [3.8, 4) is 0 Å². The van der Waals surface area contributed by atoms with Crippen LogP contribution in [0.2, 0.25) is 0 Å². The van der Waals surface area contributed by atoms with E-state index >= 15 is 0 Å². The third kappa shape index (κ3) is 3.23. The highest BCUT2D eigenvalue weighted by Gasteiger charge is 2.18. The molecule has 1 N–H and O–H groups in total. The molecule has 0 aliphatic carbocycles. The van der Waals surface area contributed by atoms with Crippen LogP contribution in [0.3, 0.4) is 0 Å². The number of hydrogen-bond acceptors (Lipinski definition) is 4. The molecule has 1 fully saturated rings. The highest BCUT2D eigenvalue weighted by molar-refractivity contribution is 7.13. The fraction of sp³-hybridized carbons (Fsp3) is 0.786. The van der Waals surface area contributed by atoms with E-state index < -0.39 is 0 Å². The van der Waals surface area contributed by atoms with Gasteiger partial charge in [0.2, 0.25) is 0 Å². The van der Waals surface area contributed by atoms with E-state index in [0.717, 1.165) is 5.92 Å². The maximum atomic E-state index is 4.78. The van der Waals surface area contributed by atoms with E-state index in [4.69, 9.17) is 4.98 Å². The smallest absolute Gasteiger partial charge is 0.185 e. The summed E-state index contributed by atoms with van der Waals surface area (Å²) in [6.07, 6.45) is 5.36. The Hall–Kier alpha value is -0.610. The zero-order chi connectivity index (χ0) is 13.0. The Bertz CT molecular complexity index is 364. The zero-order valence-corrected chi connectivity index (χ0v) is 12.6. The van der Waals surface area contributed by atoms with Crippen molar-refractivity contribution >= 4 is 16.5 Å². The molecule has 1 aromatic heterocycles. The fourth-order valence-corrected chi connectivity index (χ4v) is 3.51. The summed E-state index contributed by atoms with van der Waals surface area (Å²) in [5, 5.41) is 6.66. The van der Waals surface area contributed by atoms with Gasteiger partial charge in [0.15, 0.2) is 5.13 Å². The lowest BCUT2D eigenvalue weighted by molar-refractivity contribution is 0.459. The largest absolute Gasteiger partial charge is 0.348 e. The monoisotopic (exact) mass is 267 g/mol. The molecular weight excluding hydrogens is 242 g/mol.